The zero-order valence-electron chi connectivity index (χ0n) is 11.8. The highest BCUT2D eigenvalue weighted by Gasteiger charge is 2.16. The molecule has 0 aliphatic heterocycles. The second kappa shape index (κ2) is 6.97. The molecule has 0 aliphatic carbocycles. The van der Waals surface area contributed by atoms with E-state index in [0.717, 1.165) is 21.3 Å². The first-order valence-corrected chi connectivity index (χ1v) is 7.37. The summed E-state index contributed by atoms with van der Waals surface area (Å²) in [5.41, 5.74) is 3.25. The van der Waals surface area contributed by atoms with Gasteiger partial charge in [0.05, 0.1) is 18.3 Å². The number of hydrogen-bond acceptors (Lipinski definition) is 3. The van der Waals surface area contributed by atoms with E-state index in [1.807, 2.05) is 50.5 Å². The Morgan fingerprint density at radius 1 is 1.30 bits per heavy atom. The van der Waals surface area contributed by atoms with Gasteiger partial charge in [0.25, 0.3) is 0 Å². The summed E-state index contributed by atoms with van der Waals surface area (Å²) in [6.07, 6.45) is 1.87. The van der Waals surface area contributed by atoms with Gasteiger partial charge in [0.15, 0.2) is 0 Å². The Kier molecular flexibility index (Phi) is 5.29. The van der Waals surface area contributed by atoms with E-state index in [0.29, 0.717) is 6.54 Å². The molecule has 1 aromatic carbocycles. The first-order chi connectivity index (χ1) is 9.60. The van der Waals surface area contributed by atoms with Crippen LogP contribution in [0.25, 0.3) is 0 Å². The lowest BCUT2D eigenvalue weighted by Gasteiger charge is -2.26. The lowest BCUT2D eigenvalue weighted by atomic mass is 10.1. The largest absolute Gasteiger partial charge is 0.394 e. The molecule has 1 unspecified atom stereocenters. The topological polar surface area (TPSA) is 36.4 Å². The lowest BCUT2D eigenvalue weighted by Crippen LogP contribution is -2.27. The van der Waals surface area contributed by atoms with Gasteiger partial charge in [-0.15, -0.1) is 0 Å². The van der Waals surface area contributed by atoms with Gasteiger partial charge in [0, 0.05) is 17.2 Å². The van der Waals surface area contributed by atoms with Gasteiger partial charge in [-0.3, -0.25) is 9.88 Å². The van der Waals surface area contributed by atoms with Crippen LogP contribution in [0.5, 0.6) is 0 Å². The predicted molar refractivity (Wildman–Crippen MR) is 84.4 cm³/mol. The molecule has 2 aromatic rings. The van der Waals surface area contributed by atoms with Crippen molar-refractivity contribution in [3.8, 4) is 0 Å². The molecule has 1 aromatic heterocycles. The van der Waals surface area contributed by atoms with Crippen molar-refractivity contribution in [2.75, 3.05) is 13.7 Å². The average molecular weight is 335 g/mol. The molecule has 3 nitrogen and oxygen atoms in total. The monoisotopic (exact) mass is 334 g/mol. The third kappa shape index (κ3) is 3.88. The lowest BCUT2D eigenvalue weighted by molar-refractivity contribution is 0.141. The number of aliphatic hydroxyl groups is 1. The Bertz CT molecular complexity index is 557. The Morgan fingerprint density at radius 3 is 2.70 bits per heavy atom. The van der Waals surface area contributed by atoms with Gasteiger partial charge in [0.2, 0.25) is 0 Å². The normalized spacial score (nSPS) is 12.7. The quantitative estimate of drug-likeness (QED) is 0.911. The molecule has 4 heteroatoms. The van der Waals surface area contributed by atoms with E-state index in [1.165, 1.54) is 0 Å². The Balaban J connectivity index is 2.13. The van der Waals surface area contributed by atoms with E-state index in [2.05, 4.69) is 31.9 Å². The third-order valence-corrected chi connectivity index (χ3v) is 3.82. The number of aromatic nitrogens is 1. The number of nitrogens with zero attached hydrogens (tertiary/aromatic N) is 2. The zero-order chi connectivity index (χ0) is 14.5. The average Bonchev–Trinajstić information content (AvgIpc) is 2.42. The molecule has 0 saturated heterocycles. The minimum absolute atomic E-state index is 0.0318. The maximum absolute atomic E-state index is 9.69. The fraction of sp³-hybridized carbons (Fsp3) is 0.312. The van der Waals surface area contributed by atoms with Crippen molar-refractivity contribution >= 4 is 15.9 Å². The number of benzene rings is 1. The van der Waals surface area contributed by atoms with Crippen LogP contribution in [-0.4, -0.2) is 28.6 Å². The minimum atomic E-state index is -0.0318. The van der Waals surface area contributed by atoms with E-state index in [-0.39, 0.29) is 12.6 Å². The van der Waals surface area contributed by atoms with Gasteiger partial charge in [-0.2, -0.15) is 0 Å². The van der Waals surface area contributed by atoms with Gasteiger partial charge in [-0.05, 0) is 43.3 Å². The van der Waals surface area contributed by atoms with Crippen molar-refractivity contribution in [1.29, 1.82) is 0 Å². The van der Waals surface area contributed by atoms with Crippen LogP contribution in [0.4, 0.5) is 0 Å². The van der Waals surface area contributed by atoms with Gasteiger partial charge in [0.1, 0.15) is 0 Å². The highest BCUT2D eigenvalue weighted by Crippen LogP contribution is 2.23. The fourth-order valence-electron chi connectivity index (χ4n) is 2.17. The summed E-state index contributed by atoms with van der Waals surface area (Å²) in [6, 6.07) is 12.1. The first kappa shape index (κ1) is 15.2. The molecule has 1 atom stereocenters. The summed E-state index contributed by atoms with van der Waals surface area (Å²) in [5, 5.41) is 9.69. The number of halogens is 1. The predicted octanol–water partition coefficient (Wildman–Crippen LogP) is 3.32. The SMILES string of the molecule is Cc1ccc(CN(C)C(CO)c2cccc(Br)c2)nc1. The van der Waals surface area contributed by atoms with Crippen LogP contribution in [0.3, 0.4) is 0 Å². The number of rotatable bonds is 5. The van der Waals surface area contributed by atoms with Gasteiger partial charge < -0.3 is 5.11 Å². The van der Waals surface area contributed by atoms with E-state index in [1.54, 1.807) is 0 Å². The molecule has 0 aliphatic rings. The smallest absolute Gasteiger partial charge is 0.0628 e. The molecule has 0 amide bonds. The molecule has 106 valence electrons. The molecule has 0 spiro atoms. The van der Waals surface area contributed by atoms with Crippen molar-refractivity contribution in [3.05, 3.63) is 63.9 Å². The molecule has 0 radical (unpaired) electrons. The van der Waals surface area contributed by atoms with Crippen LogP contribution in [0.15, 0.2) is 47.1 Å². The molecule has 0 fully saturated rings. The van der Waals surface area contributed by atoms with Crippen LogP contribution in [0, 0.1) is 6.92 Å². The maximum Gasteiger partial charge on any atom is 0.0628 e. The summed E-state index contributed by atoms with van der Waals surface area (Å²) in [7, 11) is 2.00. The Morgan fingerprint density at radius 2 is 2.10 bits per heavy atom. The van der Waals surface area contributed by atoms with E-state index in [9.17, 15) is 5.11 Å². The minimum Gasteiger partial charge on any atom is -0.394 e. The molecular formula is C16H19BrN2O. The summed E-state index contributed by atoms with van der Waals surface area (Å²) in [6.45, 7) is 2.81. The second-order valence-electron chi connectivity index (χ2n) is 5.00. The highest BCUT2D eigenvalue weighted by atomic mass is 79.9. The zero-order valence-corrected chi connectivity index (χ0v) is 13.3. The number of pyridine rings is 1. The van der Waals surface area contributed by atoms with Crippen LogP contribution in [-0.2, 0) is 6.54 Å². The number of likely N-dealkylation sites (N-methyl/N-ethyl adjacent to an activating group) is 1. The van der Waals surface area contributed by atoms with Crippen molar-refractivity contribution < 1.29 is 5.11 Å². The number of hydrogen-bond donors (Lipinski definition) is 1. The van der Waals surface area contributed by atoms with E-state index < -0.39 is 0 Å². The standard InChI is InChI=1S/C16H19BrN2O/c1-12-6-7-15(18-9-12)10-19(2)16(11-20)13-4-3-5-14(17)8-13/h3-9,16,20H,10-11H2,1-2H3. The molecule has 1 N–H and O–H groups in total. The fourth-order valence-corrected chi connectivity index (χ4v) is 2.59. The van der Waals surface area contributed by atoms with Gasteiger partial charge in [-0.25, -0.2) is 0 Å². The van der Waals surface area contributed by atoms with Crippen LogP contribution < -0.4 is 0 Å². The molecule has 1 heterocycles. The molecular weight excluding hydrogens is 316 g/mol. The molecule has 2 rings (SSSR count). The van der Waals surface area contributed by atoms with E-state index >= 15 is 0 Å². The number of aryl methyl sites for hydroxylation is 1. The Labute approximate surface area is 128 Å². The summed E-state index contributed by atoms with van der Waals surface area (Å²) in [5.74, 6) is 0. The summed E-state index contributed by atoms with van der Waals surface area (Å²) in [4.78, 5) is 6.52. The van der Waals surface area contributed by atoms with E-state index in [4.69, 9.17) is 0 Å². The van der Waals surface area contributed by atoms with Gasteiger partial charge in [-0.1, -0.05) is 34.1 Å². The maximum atomic E-state index is 9.69. The Hall–Kier alpha value is -1.23. The van der Waals surface area contributed by atoms with Gasteiger partial charge >= 0.3 is 0 Å². The first-order valence-electron chi connectivity index (χ1n) is 6.58. The highest BCUT2D eigenvalue weighted by molar-refractivity contribution is 9.10. The second-order valence-corrected chi connectivity index (χ2v) is 5.91. The van der Waals surface area contributed by atoms with Crippen LogP contribution in [0.2, 0.25) is 0 Å². The molecule has 20 heavy (non-hydrogen) atoms. The number of aliphatic hydroxyl groups excluding tert-OH is 1. The van der Waals surface area contributed by atoms with Crippen LogP contribution in [0.1, 0.15) is 22.9 Å². The third-order valence-electron chi connectivity index (χ3n) is 3.32. The van der Waals surface area contributed by atoms with Crippen molar-refractivity contribution in [2.24, 2.45) is 0 Å². The molecule has 0 bridgehead atoms. The van der Waals surface area contributed by atoms with Crippen molar-refractivity contribution in [2.45, 2.75) is 19.5 Å². The van der Waals surface area contributed by atoms with Crippen molar-refractivity contribution in [1.82, 2.24) is 9.88 Å². The molecule has 0 saturated carbocycles. The summed E-state index contributed by atoms with van der Waals surface area (Å²) >= 11 is 3.47. The van der Waals surface area contributed by atoms with Crippen LogP contribution >= 0.6 is 15.9 Å². The van der Waals surface area contributed by atoms with Crippen molar-refractivity contribution in [3.63, 3.8) is 0 Å². The summed E-state index contributed by atoms with van der Waals surface area (Å²) < 4.78 is 1.02.